The fourth-order valence-electron chi connectivity index (χ4n) is 3.00. The number of aliphatic imine (C=N–C) groups is 1. The maximum atomic E-state index is 5.31. The first-order valence-corrected chi connectivity index (χ1v) is 9.02. The molecule has 0 aliphatic carbocycles. The van der Waals surface area contributed by atoms with Crippen molar-refractivity contribution in [2.45, 2.75) is 38.8 Å². The van der Waals surface area contributed by atoms with Crippen LogP contribution in [0.25, 0.3) is 0 Å². The molecule has 2 N–H and O–H groups in total. The Morgan fingerprint density at radius 3 is 2.50 bits per heavy atom. The molecule has 1 aliphatic heterocycles. The third kappa shape index (κ3) is 6.19. The number of guanidine groups is 1. The third-order valence-electron chi connectivity index (χ3n) is 4.43. The van der Waals surface area contributed by atoms with E-state index < -0.39 is 0 Å². The summed E-state index contributed by atoms with van der Waals surface area (Å²) in [7, 11) is 1.76. The highest BCUT2D eigenvalue weighted by atomic mass is 127. The minimum Gasteiger partial charge on any atom is -0.467 e. The van der Waals surface area contributed by atoms with Gasteiger partial charge in [-0.3, -0.25) is 4.99 Å². The molecule has 0 unspecified atom stereocenters. The summed E-state index contributed by atoms with van der Waals surface area (Å²) >= 11 is 0. The summed E-state index contributed by atoms with van der Waals surface area (Å²) in [5, 5.41) is 6.53. The fraction of sp³-hybridized carbons (Fsp3) is 0.474. The van der Waals surface area contributed by atoms with Gasteiger partial charge >= 0.3 is 0 Å². The van der Waals surface area contributed by atoms with E-state index in [4.69, 9.17) is 4.42 Å². The van der Waals surface area contributed by atoms with Gasteiger partial charge < -0.3 is 20.0 Å². The standard InChI is InChI=1S/C19H27N5O.HI/c1-20-19(23-15-17-7-6-12-25-17)22-14-16-8-9-18(21-13-16)24-10-4-2-3-5-11-24;/h6-9,12-13H,2-5,10-11,14-15H2,1H3,(H2,20,22,23);1H. The predicted molar refractivity (Wildman–Crippen MR) is 116 cm³/mol. The average Bonchev–Trinajstić information content (AvgIpc) is 3.03. The molecule has 0 radical (unpaired) electrons. The Bertz CT molecular complexity index is 649. The first-order valence-electron chi connectivity index (χ1n) is 9.02. The van der Waals surface area contributed by atoms with E-state index in [2.05, 4.69) is 37.6 Å². The Morgan fingerprint density at radius 1 is 1.12 bits per heavy atom. The third-order valence-corrected chi connectivity index (χ3v) is 4.43. The van der Waals surface area contributed by atoms with Crippen molar-refractivity contribution in [1.82, 2.24) is 15.6 Å². The summed E-state index contributed by atoms with van der Waals surface area (Å²) in [5.41, 5.74) is 1.14. The smallest absolute Gasteiger partial charge is 0.191 e. The zero-order valence-electron chi connectivity index (χ0n) is 15.3. The minimum atomic E-state index is 0. The molecule has 2 aromatic heterocycles. The summed E-state index contributed by atoms with van der Waals surface area (Å²) < 4.78 is 5.31. The van der Waals surface area contributed by atoms with Crippen LogP contribution in [0.4, 0.5) is 5.82 Å². The molecule has 26 heavy (non-hydrogen) atoms. The number of anilines is 1. The zero-order valence-corrected chi connectivity index (χ0v) is 17.6. The van der Waals surface area contributed by atoms with Crippen LogP contribution in [0.3, 0.4) is 0 Å². The average molecular weight is 469 g/mol. The van der Waals surface area contributed by atoms with Crippen LogP contribution in [0.2, 0.25) is 0 Å². The molecule has 0 atom stereocenters. The number of hydrogen-bond acceptors (Lipinski definition) is 4. The SMILES string of the molecule is CN=C(NCc1ccc(N2CCCCCC2)nc1)NCc1ccco1.I. The molecule has 3 rings (SSSR count). The van der Waals surface area contributed by atoms with Crippen molar-refractivity contribution in [2.24, 2.45) is 4.99 Å². The molecule has 6 nitrogen and oxygen atoms in total. The van der Waals surface area contributed by atoms with Crippen LogP contribution in [0.1, 0.15) is 37.0 Å². The Kier molecular flexibility index (Phi) is 8.73. The summed E-state index contributed by atoms with van der Waals surface area (Å²) in [6, 6.07) is 8.08. The molecule has 0 aromatic carbocycles. The van der Waals surface area contributed by atoms with Gasteiger partial charge in [-0.1, -0.05) is 18.9 Å². The van der Waals surface area contributed by atoms with E-state index in [9.17, 15) is 0 Å². The second-order valence-electron chi connectivity index (χ2n) is 6.28. The number of halogens is 1. The largest absolute Gasteiger partial charge is 0.467 e. The van der Waals surface area contributed by atoms with Crippen molar-refractivity contribution in [1.29, 1.82) is 0 Å². The maximum Gasteiger partial charge on any atom is 0.191 e. The second kappa shape index (κ2) is 11.1. The minimum absolute atomic E-state index is 0. The monoisotopic (exact) mass is 469 g/mol. The molecular weight excluding hydrogens is 441 g/mol. The highest BCUT2D eigenvalue weighted by Crippen LogP contribution is 2.17. The lowest BCUT2D eigenvalue weighted by molar-refractivity contribution is 0.501. The lowest BCUT2D eigenvalue weighted by atomic mass is 10.2. The summed E-state index contributed by atoms with van der Waals surface area (Å²) in [6.45, 7) is 3.53. The van der Waals surface area contributed by atoms with E-state index in [1.807, 2.05) is 18.3 Å². The van der Waals surface area contributed by atoms with Gasteiger partial charge in [0.15, 0.2) is 5.96 Å². The van der Waals surface area contributed by atoms with E-state index in [1.165, 1.54) is 25.7 Å². The van der Waals surface area contributed by atoms with Crippen LogP contribution in [-0.2, 0) is 13.1 Å². The van der Waals surface area contributed by atoms with E-state index in [0.29, 0.717) is 13.1 Å². The number of nitrogens with zero attached hydrogens (tertiary/aromatic N) is 3. The quantitative estimate of drug-likeness (QED) is 0.399. The topological polar surface area (TPSA) is 65.7 Å². The number of nitrogens with one attached hydrogen (secondary N) is 2. The number of pyridine rings is 1. The van der Waals surface area contributed by atoms with Crippen molar-refractivity contribution in [3.63, 3.8) is 0 Å². The van der Waals surface area contributed by atoms with Crippen LogP contribution in [-0.4, -0.2) is 31.1 Å². The molecule has 0 saturated carbocycles. The maximum absolute atomic E-state index is 5.31. The van der Waals surface area contributed by atoms with Crippen LogP contribution in [0, 0.1) is 0 Å². The van der Waals surface area contributed by atoms with Crippen LogP contribution >= 0.6 is 24.0 Å². The van der Waals surface area contributed by atoms with Gasteiger partial charge in [0.1, 0.15) is 11.6 Å². The Labute approximate surface area is 172 Å². The Hall–Kier alpha value is -1.77. The number of aromatic nitrogens is 1. The normalized spacial score (nSPS) is 15.1. The molecule has 0 amide bonds. The summed E-state index contributed by atoms with van der Waals surface area (Å²) in [4.78, 5) is 11.3. The molecule has 0 bridgehead atoms. The molecule has 2 aromatic rings. The molecule has 1 fully saturated rings. The predicted octanol–water partition coefficient (Wildman–Crippen LogP) is 3.54. The first kappa shape index (κ1) is 20.5. The second-order valence-corrected chi connectivity index (χ2v) is 6.28. The van der Waals surface area contributed by atoms with Gasteiger partial charge in [0.05, 0.1) is 12.8 Å². The highest BCUT2D eigenvalue weighted by molar-refractivity contribution is 14.0. The van der Waals surface area contributed by atoms with Crippen molar-refractivity contribution in [3.05, 3.63) is 48.0 Å². The lowest BCUT2D eigenvalue weighted by Crippen LogP contribution is -2.36. The highest BCUT2D eigenvalue weighted by Gasteiger charge is 2.10. The Morgan fingerprint density at radius 2 is 1.88 bits per heavy atom. The van der Waals surface area contributed by atoms with Crippen LogP contribution < -0.4 is 15.5 Å². The number of furan rings is 1. The van der Waals surface area contributed by atoms with Gasteiger partial charge in [-0.2, -0.15) is 0 Å². The van der Waals surface area contributed by atoms with Gasteiger partial charge in [-0.15, -0.1) is 24.0 Å². The molecular formula is C19H28IN5O. The van der Waals surface area contributed by atoms with Crippen LogP contribution in [0.5, 0.6) is 0 Å². The number of rotatable bonds is 5. The van der Waals surface area contributed by atoms with Crippen molar-refractivity contribution < 1.29 is 4.42 Å². The molecule has 1 aliphatic rings. The van der Waals surface area contributed by atoms with E-state index in [-0.39, 0.29) is 24.0 Å². The fourth-order valence-corrected chi connectivity index (χ4v) is 3.00. The van der Waals surface area contributed by atoms with Crippen molar-refractivity contribution >= 4 is 35.8 Å². The zero-order chi connectivity index (χ0) is 17.3. The molecule has 3 heterocycles. The van der Waals surface area contributed by atoms with Gasteiger partial charge in [0, 0.05) is 32.9 Å². The Balaban J connectivity index is 0.00000243. The first-order chi connectivity index (χ1) is 12.3. The lowest BCUT2D eigenvalue weighted by Gasteiger charge is -2.21. The molecule has 7 heteroatoms. The van der Waals surface area contributed by atoms with Crippen molar-refractivity contribution in [2.75, 3.05) is 25.0 Å². The van der Waals surface area contributed by atoms with Gasteiger partial charge in [-0.05, 0) is 36.6 Å². The van der Waals surface area contributed by atoms with Gasteiger partial charge in [0.2, 0.25) is 0 Å². The van der Waals surface area contributed by atoms with E-state index in [0.717, 1.165) is 36.2 Å². The van der Waals surface area contributed by atoms with Crippen molar-refractivity contribution in [3.8, 4) is 0 Å². The summed E-state index contributed by atoms with van der Waals surface area (Å²) in [5.74, 6) is 2.71. The molecule has 1 saturated heterocycles. The molecule has 0 spiro atoms. The molecule has 142 valence electrons. The van der Waals surface area contributed by atoms with E-state index in [1.54, 1.807) is 13.3 Å². The number of hydrogen-bond donors (Lipinski definition) is 2. The van der Waals surface area contributed by atoms with Gasteiger partial charge in [-0.25, -0.2) is 4.98 Å². The summed E-state index contributed by atoms with van der Waals surface area (Å²) in [6.07, 6.45) is 8.83. The van der Waals surface area contributed by atoms with E-state index >= 15 is 0 Å². The van der Waals surface area contributed by atoms with Crippen LogP contribution in [0.15, 0.2) is 46.1 Å². The van der Waals surface area contributed by atoms with Gasteiger partial charge in [0.25, 0.3) is 0 Å².